The zero-order valence-electron chi connectivity index (χ0n) is 17.5. The van der Waals surface area contributed by atoms with Gasteiger partial charge >= 0.3 is 5.97 Å². The molecule has 0 saturated heterocycles. The maximum Gasteiger partial charge on any atom is 0.329 e. The van der Waals surface area contributed by atoms with Crippen molar-refractivity contribution < 1.29 is 19.1 Å². The number of carbonyl (C=O) groups is 3. The number of thioether (sulfide) groups is 1. The van der Waals surface area contributed by atoms with Crippen molar-refractivity contribution in [2.45, 2.75) is 32.4 Å². The summed E-state index contributed by atoms with van der Waals surface area (Å²) in [6.45, 7) is 3.41. The standard InChI is InChI=1S/C23H28N2O4S/c1-17(2)25(19-12-8-5-9-13-19)21(26)16-29-23(28)20(14-15-30-3)24-22(27)18-10-6-4-7-11-18/h4-13,17,20H,14-16H2,1-3H3,(H,24,27). The van der Waals surface area contributed by atoms with Gasteiger partial charge in [0.1, 0.15) is 6.04 Å². The van der Waals surface area contributed by atoms with E-state index in [4.69, 9.17) is 4.74 Å². The van der Waals surface area contributed by atoms with Crippen LogP contribution in [-0.2, 0) is 14.3 Å². The van der Waals surface area contributed by atoms with E-state index in [1.54, 1.807) is 40.9 Å². The molecule has 0 fully saturated rings. The molecule has 0 saturated carbocycles. The summed E-state index contributed by atoms with van der Waals surface area (Å²) in [7, 11) is 0. The lowest BCUT2D eigenvalue weighted by Crippen LogP contribution is -2.44. The number of esters is 1. The van der Waals surface area contributed by atoms with Crippen LogP contribution in [0.4, 0.5) is 5.69 Å². The molecule has 0 heterocycles. The number of benzene rings is 2. The minimum absolute atomic E-state index is 0.0938. The first-order chi connectivity index (χ1) is 14.4. The molecule has 7 heteroatoms. The molecule has 6 nitrogen and oxygen atoms in total. The van der Waals surface area contributed by atoms with Crippen molar-refractivity contribution in [2.24, 2.45) is 0 Å². The van der Waals surface area contributed by atoms with E-state index in [1.165, 1.54) is 0 Å². The van der Waals surface area contributed by atoms with Gasteiger partial charge in [-0.15, -0.1) is 0 Å². The number of anilines is 1. The van der Waals surface area contributed by atoms with E-state index in [0.29, 0.717) is 17.7 Å². The Balaban J connectivity index is 2.02. The van der Waals surface area contributed by atoms with Gasteiger partial charge in [-0.3, -0.25) is 9.59 Å². The quantitative estimate of drug-likeness (QED) is 0.586. The number of hydrogen-bond donors (Lipinski definition) is 1. The molecule has 2 aromatic rings. The van der Waals surface area contributed by atoms with E-state index < -0.39 is 12.0 Å². The summed E-state index contributed by atoms with van der Waals surface area (Å²) in [6, 6.07) is 17.0. The Hall–Kier alpha value is -2.80. The first-order valence-electron chi connectivity index (χ1n) is 9.82. The highest BCUT2D eigenvalue weighted by molar-refractivity contribution is 7.98. The van der Waals surface area contributed by atoms with Crippen molar-refractivity contribution in [1.82, 2.24) is 5.32 Å². The molecule has 1 N–H and O–H groups in total. The Labute approximate surface area is 182 Å². The second kappa shape index (κ2) is 12.0. The number of nitrogens with zero attached hydrogens (tertiary/aromatic N) is 1. The van der Waals surface area contributed by atoms with Crippen molar-refractivity contribution in [3.8, 4) is 0 Å². The van der Waals surface area contributed by atoms with Gasteiger partial charge < -0.3 is 15.0 Å². The normalized spacial score (nSPS) is 11.6. The molecule has 2 rings (SSSR count). The highest BCUT2D eigenvalue weighted by Gasteiger charge is 2.25. The monoisotopic (exact) mass is 428 g/mol. The molecule has 2 aromatic carbocycles. The van der Waals surface area contributed by atoms with E-state index in [-0.39, 0.29) is 24.5 Å². The summed E-state index contributed by atoms with van der Waals surface area (Å²) in [6.07, 6.45) is 2.34. The molecule has 0 aliphatic rings. The second-order valence-electron chi connectivity index (χ2n) is 6.97. The van der Waals surface area contributed by atoms with Crippen molar-refractivity contribution in [2.75, 3.05) is 23.5 Å². The van der Waals surface area contributed by atoms with Crippen LogP contribution in [0.3, 0.4) is 0 Å². The molecule has 0 spiro atoms. The molecule has 0 aliphatic carbocycles. The third-order valence-electron chi connectivity index (χ3n) is 4.39. The lowest BCUT2D eigenvalue weighted by atomic mass is 10.1. The summed E-state index contributed by atoms with van der Waals surface area (Å²) in [5.41, 5.74) is 1.20. The average Bonchev–Trinajstić information content (AvgIpc) is 2.76. The van der Waals surface area contributed by atoms with Crippen molar-refractivity contribution >= 4 is 35.2 Å². The summed E-state index contributed by atoms with van der Waals surface area (Å²) >= 11 is 1.57. The lowest BCUT2D eigenvalue weighted by Gasteiger charge is -2.27. The van der Waals surface area contributed by atoms with E-state index >= 15 is 0 Å². The fraction of sp³-hybridized carbons (Fsp3) is 0.348. The van der Waals surface area contributed by atoms with Gasteiger partial charge in [-0.25, -0.2) is 4.79 Å². The third-order valence-corrected chi connectivity index (χ3v) is 5.04. The number of para-hydroxylation sites is 1. The molecule has 0 radical (unpaired) electrons. The van der Waals surface area contributed by atoms with Gasteiger partial charge in [-0.2, -0.15) is 11.8 Å². The largest absolute Gasteiger partial charge is 0.454 e. The summed E-state index contributed by atoms with van der Waals surface area (Å²) < 4.78 is 5.30. The smallest absolute Gasteiger partial charge is 0.329 e. The maximum absolute atomic E-state index is 12.7. The number of nitrogens with one attached hydrogen (secondary N) is 1. The molecular weight excluding hydrogens is 400 g/mol. The fourth-order valence-electron chi connectivity index (χ4n) is 2.94. The lowest BCUT2D eigenvalue weighted by molar-refractivity contribution is -0.149. The molecular formula is C23H28N2O4S. The first kappa shape index (κ1) is 23.5. The highest BCUT2D eigenvalue weighted by Crippen LogP contribution is 2.17. The molecule has 0 aliphatic heterocycles. The minimum atomic E-state index is -0.817. The van der Waals surface area contributed by atoms with Crippen molar-refractivity contribution in [1.29, 1.82) is 0 Å². The van der Waals surface area contributed by atoms with Crippen LogP contribution in [0.15, 0.2) is 60.7 Å². The maximum atomic E-state index is 12.7. The average molecular weight is 429 g/mol. The van der Waals surface area contributed by atoms with Crippen LogP contribution in [0.5, 0.6) is 0 Å². The fourth-order valence-corrected chi connectivity index (χ4v) is 3.41. The van der Waals surface area contributed by atoms with Crippen LogP contribution < -0.4 is 10.2 Å². The molecule has 1 unspecified atom stereocenters. The molecule has 2 amide bonds. The van der Waals surface area contributed by atoms with Gasteiger partial charge in [0.2, 0.25) is 0 Å². The van der Waals surface area contributed by atoms with Gasteiger partial charge in [-0.1, -0.05) is 36.4 Å². The van der Waals surface area contributed by atoms with Gasteiger partial charge in [0.15, 0.2) is 6.61 Å². The Kier molecular flexibility index (Phi) is 9.41. The predicted molar refractivity (Wildman–Crippen MR) is 121 cm³/mol. The van der Waals surface area contributed by atoms with E-state index in [9.17, 15) is 14.4 Å². The van der Waals surface area contributed by atoms with Gasteiger partial charge in [0.25, 0.3) is 11.8 Å². The molecule has 30 heavy (non-hydrogen) atoms. The van der Waals surface area contributed by atoms with Gasteiger partial charge in [0, 0.05) is 17.3 Å². The first-order valence-corrected chi connectivity index (χ1v) is 11.2. The van der Waals surface area contributed by atoms with Crippen LogP contribution in [-0.4, -0.2) is 48.5 Å². The van der Waals surface area contributed by atoms with Crippen LogP contribution in [0.2, 0.25) is 0 Å². The molecule has 160 valence electrons. The Morgan fingerprint density at radius 1 is 1.00 bits per heavy atom. The van der Waals surface area contributed by atoms with Gasteiger partial charge in [-0.05, 0) is 56.5 Å². The molecule has 0 aromatic heterocycles. The zero-order valence-corrected chi connectivity index (χ0v) is 18.4. The van der Waals surface area contributed by atoms with Crippen LogP contribution in [0.25, 0.3) is 0 Å². The second-order valence-corrected chi connectivity index (χ2v) is 7.96. The minimum Gasteiger partial charge on any atom is -0.454 e. The number of ether oxygens (including phenoxy) is 1. The number of carbonyl (C=O) groups excluding carboxylic acids is 3. The summed E-state index contributed by atoms with van der Waals surface area (Å²) in [5, 5.41) is 2.72. The van der Waals surface area contributed by atoms with E-state index in [0.717, 1.165) is 5.69 Å². The van der Waals surface area contributed by atoms with E-state index in [2.05, 4.69) is 5.32 Å². The molecule has 0 bridgehead atoms. The SMILES string of the molecule is CSCCC(NC(=O)c1ccccc1)C(=O)OCC(=O)N(c1ccccc1)C(C)C. The Morgan fingerprint density at radius 3 is 2.17 bits per heavy atom. The Bertz CT molecular complexity index is 828. The third kappa shape index (κ3) is 6.91. The van der Waals surface area contributed by atoms with E-state index in [1.807, 2.05) is 56.5 Å². The Morgan fingerprint density at radius 2 is 1.60 bits per heavy atom. The van der Waals surface area contributed by atoms with Crippen molar-refractivity contribution in [3.63, 3.8) is 0 Å². The van der Waals surface area contributed by atoms with Crippen LogP contribution >= 0.6 is 11.8 Å². The topological polar surface area (TPSA) is 75.7 Å². The summed E-state index contributed by atoms with van der Waals surface area (Å²) in [5.74, 6) is -0.607. The summed E-state index contributed by atoms with van der Waals surface area (Å²) in [4.78, 5) is 39.4. The number of hydrogen-bond acceptors (Lipinski definition) is 5. The van der Waals surface area contributed by atoms with Crippen LogP contribution in [0.1, 0.15) is 30.6 Å². The van der Waals surface area contributed by atoms with Crippen molar-refractivity contribution in [3.05, 3.63) is 66.2 Å². The predicted octanol–water partition coefficient (Wildman–Crippen LogP) is 3.52. The molecule has 1 atom stereocenters. The van der Waals surface area contributed by atoms with Crippen LogP contribution in [0, 0.1) is 0 Å². The highest BCUT2D eigenvalue weighted by atomic mass is 32.2. The zero-order chi connectivity index (χ0) is 21.9. The number of rotatable bonds is 10. The van der Waals surface area contributed by atoms with Gasteiger partial charge in [0.05, 0.1) is 0 Å². The number of amides is 2.